The van der Waals surface area contributed by atoms with E-state index in [0.717, 1.165) is 12.0 Å². The van der Waals surface area contributed by atoms with Gasteiger partial charge in [0.2, 0.25) is 0 Å². The van der Waals surface area contributed by atoms with Crippen molar-refractivity contribution < 1.29 is 4.79 Å². The van der Waals surface area contributed by atoms with Crippen LogP contribution < -0.4 is 11.1 Å². The molecule has 1 aliphatic carbocycles. The smallest absolute Gasteiger partial charge is 0.272 e. The molecule has 1 amide bonds. The number of rotatable bonds is 2. The third-order valence-corrected chi connectivity index (χ3v) is 3.55. The maximum atomic E-state index is 12.1. The van der Waals surface area contributed by atoms with Crippen molar-refractivity contribution in [1.82, 2.24) is 15.1 Å². The molecule has 0 bridgehead atoms. The zero-order chi connectivity index (χ0) is 13.4. The van der Waals surface area contributed by atoms with Gasteiger partial charge in [0, 0.05) is 13.2 Å². The second-order valence-corrected chi connectivity index (χ2v) is 4.88. The van der Waals surface area contributed by atoms with Crippen molar-refractivity contribution in [3.63, 3.8) is 0 Å². The van der Waals surface area contributed by atoms with E-state index in [-0.39, 0.29) is 18.0 Å². The molecule has 2 aromatic rings. The summed E-state index contributed by atoms with van der Waals surface area (Å²) < 4.78 is 1.61. The summed E-state index contributed by atoms with van der Waals surface area (Å²) in [5, 5.41) is 7.06. The second kappa shape index (κ2) is 4.51. The first kappa shape index (κ1) is 11.9. The number of aryl methyl sites for hydroxylation is 1. The number of nitrogens with zero attached hydrogens (tertiary/aromatic N) is 2. The van der Waals surface area contributed by atoms with Gasteiger partial charge in [0.15, 0.2) is 0 Å². The van der Waals surface area contributed by atoms with Crippen molar-refractivity contribution in [3.8, 4) is 0 Å². The van der Waals surface area contributed by atoms with Gasteiger partial charge < -0.3 is 11.1 Å². The number of aromatic nitrogens is 2. The molecule has 0 aliphatic heterocycles. The lowest BCUT2D eigenvalue weighted by Gasteiger charge is -2.17. The van der Waals surface area contributed by atoms with E-state index in [1.165, 1.54) is 5.56 Å². The van der Waals surface area contributed by atoms with E-state index in [2.05, 4.69) is 16.5 Å². The Hall–Kier alpha value is -2.14. The SMILES string of the molecule is Cn1ccc(C(=O)N[C@@H]2Cc3ccccc3[C@H]2N)n1. The number of fused-ring (bicyclic) bond motifs is 1. The Morgan fingerprint density at radius 3 is 2.89 bits per heavy atom. The van der Waals surface area contributed by atoms with Gasteiger partial charge >= 0.3 is 0 Å². The van der Waals surface area contributed by atoms with Crippen molar-refractivity contribution in [2.45, 2.75) is 18.5 Å². The van der Waals surface area contributed by atoms with Crippen LogP contribution in [-0.4, -0.2) is 21.7 Å². The summed E-state index contributed by atoms with van der Waals surface area (Å²) in [5.74, 6) is -0.172. The van der Waals surface area contributed by atoms with Crippen LogP contribution in [0.5, 0.6) is 0 Å². The van der Waals surface area contributed by atoms with Gasteiger partial charge in [-0.2, -0.15) is 5.10 Å². The monoisotopic (exact) mass is 256 g/mol. The summed E-state index contributed by atoms with van der Waals surface area (Å²) in [4.78, 5) is 12.1. The number of carbonyl (C=O) groups excluding carboxylic acids is 1. The topological polar surface area (TPSA) is 72.9 Å². The van der Waals surface area contributed by atoms with Crippen LogP contribution in [0.25, 0.3) is 0 Å². The lowest BCUT2D eigenvalue weighted by molar-refractivity contribution is 0.0927. The van der Waals surface area contributed by atoms with Crippen LogP contribution in [0.15, 0.2) is 36.5 Å². The molecule has 5 nitrogen and oxygen atoms in total. The average molecular weight is 256 g/mol. The Kier molecular flexibility index (Phi) is 2.83. The summed E-state index contributed by atoms with van der Waals surface area (Å²) in [6, 6.07) is 9.53. The second-order valence-electron chi connectivity index (χ2n) is 4.88. The average Bonchev–Trinajstić information content (AvgIpc) is 2.96. The van der Waals surface area contributed by atoms with Crippen molar-refractivity contribution in [3.05, 3.63) is 53.3 Å². The van der Waals surface area contributed by atoms with Crippen LogP contribution >= 0.6 is 0 Å². The number of benzene rings is 1. The zero-order valence-electron chi connectivity index (χ0n) is 10.7. The molecule has 3 rings (SSSR count). The molecule has 1 heterocycles. The first-order valence-corrected chi connectivity index (χ1v) is 6.29. The Morgan fingerprint density at radius 1 is 1.42 bits per heavy atom. The molecule has 5 heteroatoms. The van der Waals surface area contributed by atoms with Crippen LogP contribution in [-0.2, 0) is 13.5 Å². The first-order chi connectivity index (χ1) is 9.15. The Bertz CT molecular complexity index is 619. The molecule has 2 atom stereocenters. The number of amides is 1. The molecule has 0 unspecified atom stereocenters. The van der Waals surface area contributed by atoms with Gasteiger partial charge in [-0.1, -0.05) is 24.3 Å². The van der Waals surface area contributed by atoms with Gasteiger partial charge in [-0.05, 0) is 23.6 Å². The lowest BCUT2D eigenvalue weighted by atomic mass is 10.1. The highest BCUT2D eigenvalue weighted by Crippen LogP contribution is 2.29. The normalized spacial score (nSPS) is 21.2. The molecule has 0 fully saturated rings. The maximum absolute atomic E-state index is 12.1. The minimum absolute atomic E-state index is 0.0630. The fourth-order valence-electron chi connectivity index (χ4n) is 2.55. The highest BCUT2D eigenvalue weighted by atomic mass is 16.2. The number of nitrogens with two attached hydrogens (primary N) is 1. The highest BCUT2D eigenvalue weighted by Gasteiger charge is 2.30. The fourth-order valence-corrected chi connectivity index (χ4v) is 2.55. The predicted molar refractivity (Wildman–Crippen MR) is 71.5 cm³/mol. The summed E-state index contributed by atoms with van der Waals surface area (Å²) in [6.07, 6.45) is 2.52. The molecular weight excluding hydrogens is 240 g/mol. The van der Waals surface area contributed by atoms with Gasteiger partial charge in [-0.15, -0.1) is 0 Å². The maximum Gasteiger partial charge on any atom is 0.272 e. The third kappa shape index (κ3) is 2.13. The largest absolute Gasteiger partial charge is 0.346 e. The van der Waals surface area contributed by atoms with Crippen molar-refractivity contribution in [1.29, 1.82) is 0 Å². The van der Waals surface area contributed by atoms with E-state index >= 15 is 0 Å². The van der Waals surface area contributed by atoms with Crippen molar-refractivity contribution in [2.75, 3.05) is 0 Å². The van der Waals surface area contributed by atoms with Crippen LogP contribution in [0.4, 0.5) is 0 Å². The Labute approximate surface area is 111 Å². The van der Waals surface area contributed by atoms with Crippen molar-refractivity contribution >= 4 is 5.91 Å². The highest BCUT2D eigenvalue weighted by molar-refractivity contribution is 5.92. The minimum Gasteiger partial charge on any atom is -0.346 e. The molecule has 1 aromatic heterocycles. The molecule has 0 saturated carbocycles. The molecule has 0 saturated heterocycles. The van der Waals surface area contributed by atoms with Crippen LogP contribution in [0.2, 0.25) is 0 Å². The van der Waals surface area contributed by atoms with E-state index in [1.807, 2.05) is 18.2 Å². The van der Waals surface area contributed by atoms with Gasteiger partial charge in [0.25, 0.3) is 5.91 Å². The van der Waals surface area contributed by atoms with Gasteiger partial charge in [0.1, 0.15) is 5.69 Å². The Balaban J connectivity index is 1.74. The van der Waals surface area contributed by atoms with Gasteiger partial charge in [0.05, 0.1) is 12.1 Å². The lowest BCUT2D eigenvalue weighted by Crippen LogP contribution is -2.40. The first-order valence-electron chi connectivity index (χ1n) is 6.29. The quantitative estimate of drug-likeness (QED) is 0.833. The van der Waals surface area contributed by atoms with E-state index in [9.17, 15) is 4.79 Å². The van der Waals surface area contributed by atoms with Gasteiger partial charge in [-0.25, -0.2) is 0 Å². The minimum atomic E-state index is -0.172. The fraction of sp³-hybridized carbons (Fsp3) is 0.286. The molecule has 0 radical (unpaired) electrons. The van der Waals surface area contributed by atoms with Crippen LogP contribution in [0, 0.1) is 0 Å². The van der Waals surface area contributed by atoms with E-state index in [1.54, 1.807) is 24.0 Å². The summed E-state index contributed by atoms with van der Waals surface area (Å²) in [6.45, 7) is 0. The summed E-state index contributed by atoms with van der Waals surface area (Å²) in [7, 11) is 1.79. The third-order valence-electron chi connectivity index (χ3n) is 3.55. The summed E-state index contributed by atoms with van der Waals surface area (Å²) >= 11 is 0. The van der Waals surface area contributed by atoms with E-state index < -0.39 is 0 Å². The number of hydrogen-bond acceptors (Lipinski definition) is 3. The molecule has 98 valence electrons. The molecular formula is C14H16N4O. The summed E-state index contributed by atoms with van der Waals surface area (Å²) in [5.41, 5.74) is 8.93. The van der Waals surface area contributed by atoms with Crippen molar-refractivity contribution in [2.24, 2.45) is 12.8 Å². The number of nitrogens with one attached hydrogen (secondary N) is 1. The number of carbonyl (C=O) groups is 1. The molecule has 0 spiro atoms. The van der Waals surface area contributed by atoms with Gasteiger partial charge in [-0.3, -0.25) is 9.48 Å². The van der Waals surface area contributed by atoms with E-state index in [0.29, 0.717) is 5.69 Å². The van der Waals surface area contributed by atoms with Crippen LogP contribution in [0.3, 0.4) is 0 Å². The predicted octanol–water partition coefficient (Wildman–Crippen LogP) is 0.775. The Morgan fingerprint density at radius 2 is 2.21 bits per heavy atom. The van der Waals surface area contributed by atoms with Crippen LogP contribution in [0.1, 0.15) is 27.7 Å². The zero-order valence-corrected chi connectivity index (χ0v) is 10.7. The number of hydrogen-bond donors (Lipinski definition) is 2. The molecule has 3 N–H and O–H groups in total. The van der Waals surface area contributed by atoms with E-state index in [4.69, 9.17) is 5.73 Å². The molecule has 1 aromatic carbocycles. The molecule has 1 aliphatic rings. The standard InChI is InChI=1S/C14H16N4O/c1-18-7-6-11(17-18)14(19)16-12-8-9-4-2-3-5-10(9)13(12)15/h2-7,12-13H,8,15H2,1H3,(H,16,19)/t12-,13-/m1/s1. The molecule has 19 heavy (non-hydrogen) atoms.